The van der Waals surface area contributed by atoms with Crippen molar-refractivity contribution in [3.8, 4) is 5.75 Å². The summed E-state index contributed by atoms with van der Waals surface area (Å²) in [6.07, 6.45) is 5.43. The molecule has 2 aliphatic heterocycles. The van der Waals surface area contributed by atoms with Crippen molar-refractivity contribution in [1.82, 2.24) is 25.0 Å². The van der Waals surface area contributed by atoms with Gasteiger partial charge in [-0.05, 0) is 12.5 Å². The maximum atomic E-state index is 12.5. The minimum absolute atomic E-state index is 0.119. The van der Waals surface area contributed by atoms with Crippen LogP contribution in [0.4, 0.5) is 0 Å². The molecule has 1 saturated heterocycles. The van der Waals surface area contributed by atoms with E-state index in [1.807, 2.05) is 31.3 Å². The Balaban J connectivity index is 1.56. The summed E-state index contributed by atoms with van der Waals surface area (Å²) < 4.78 is 7.89. The van der Waals surface area contributed by atoms with Crippen LogP contribution in [0.25, 0.3) is 0 Å². The Labute approximate surface area is 157 Å². The Bertz CT molecular complexity index is 838. The van der Waals surface area contributed by atoms with Crippen LogP contribution in [-0.2, 0) is 16.1 Å². The standard InChI is InChI=1S/C19H23N5O3/c1-23-9-8-19(7-6-18(23)26)10-15(14-4-2-3-5-16(14)27-19)22-17(25)11-24-13-20-12-21-24/h2-5,12-13,15H,6-11H2,1H3,(H,22,25)/t15-,19-/m1/s1. The molecule has 2 atom stereocenters. The molecule has 8 heteroatoms. The zero-order valence-electron chi connectivity index (χ0n) is 15.3. The van der Waals surface area contributed by atoms with E-state index in [9.17, 15) is 9.59 Å². The van der Waals surface area contributed by atoms with Crippen LogP contribution in [0.2, 0.25) is 0 Å². The van der Waals surface area contributed by atoms with Crippen molar-refractivity contribution in [2.45, 2.75) is 43.9 Å². The predicted molar refractivity (Wildman–Crippen MR) is 96.8 cm³/mol. The second-order valence-electron chi connectivity index (χ2n) is 7.31. The molecule has 2 aromatic rings. The zero-order valence-corrected chi connectivity index (χ0v) is 15.3. The number of nitrogens with one attached hydrogen (secondary N) is 1. The highest BCUT2D eigenvalue weighted by Gasteiger charge is 2.43. The van der Waals surface area contributed by atoms with Gasteiger partial charge in [-0.25, -0.2) is 9.67 Å². The molecule has 1 spiro atoms. The molecule has 27 heavy (non-hydrogen) atoms. The van der Waals surface area contributed by atoms with Crippen LogP contribution >= 0.6 is 0 Å². The number of carbonyl (C=O) groups excluding carboxylic acids is 2. The average Bonchev–Trinajstić information content (AvgIpc) is 3.12. The van der Waals surface area contributed by atoms with Crippen LogP contribution in [0.3, 0.4) is 0 Å². The van der Waals surface area contributed by atoms with Crippen LogP contribution in [-0.4, -0.2) is 50.7 Å². The van der Waals surface area contributed by atoms with Crippen molar-refractivity contribution >= 4 is 11.8 Å². The average molecular weight is 369 g/mol. The summed E-state index contributed by atoms with van der Waals surface area (Å²) in [6.45, 7) is 0.772. The number of aromatic nitrogens is 3. The SMILES string of the molecule is CN1CC[C@]2(CCC1=O)C[C@@H](NC(=O)Cn1cncn1)c1ccccc1O2. The second kappa shape index (κ2) is 7.02. The van der Waals surface area contributed by atoms with Crippen LogP contribution in [0.15, 0.2) is 36.9 Å². The molecule has 4 rings (SSSR count). The molecule has 0 unspecified atom stereocenters. The Morgan fingerprint density at radius 3 is 3.04 bits per heavy atom. The third-order valence-electron chi connectivity index (χ3n) is 5.43. The predicted octanol–water partition coefficient (Wildman–Crippen LogP) is 1.30. The minimum atomic E-state index is -0.444. The number of carbonyl (C=O) groups is 2. The Hall–Kier alpha value is -2.90. The van der Waals surface area contributed by atoms with Crippen LogP contribution in [0, 0.1) is 0 Å². The first-order valence-electron chi connectivity index (χ1n) is 9.18. The molecule has 0 saturated carbocycles. The zero-order chi connectivity index (χ0) is 18.9. The molecule has 2 amide bonds. The Kier molecular flexibility index (Phi) is 4.55. The molecule has 1 fully saturated rings. The fourth-order valence-corrected chi connectivity index (χ4v) is 3.90. The first kappa shape index (κ1) is 17.5. The van der Waals surface area contributed by atoms with Crippen LogP contribution in [0.5, 0.6) is 5.75 Å². The van der Waals surface area contributed by atoms with Crippen LogP contribution < -0.4 is 10.1 Å². The molecule has 0 radical (unpaired) electrons. The van der Waals surface area contributed by atoms with Crippen molar-refractivity contribution in [3.05, 3.63) is 42.5 Å². The molecule has 2 aliphatic rings. The smallest absolute Gasteiger partial charge is 0.242 e. The van der Waals surface area contributed by atoms with E-state index >= 15 is 0 Å². The van der Waals surface area contributed by atoms with Crippen molar-refractivity contribution < 1.29 is 14.3 Å². The van der Waals surface area contributed by atoms with E-state index in [2.05, 4.69) is 15.4 Å². The third kappa shape index (κ3) is 3.65. The highest BCUT2D eigenvalue weighted by Crippen LogP contribution is 2.44. The van der Waals surface area contributed by atoms with Crippen molar-refractivity contribution in [2.24, 2.45) is 0 Å². The van der Waals surface area contributed by atoms with E-state index < -0.39 is 5.60 Å². The molecular weight excluding hydrogens is 346 g/mol. The van der Waals surface area contributed by atoms with E-state index in [-0.39, 0.29) is 24.4 Å². The molecule has 0 bridgehead atoms. The molecule has 3 heterocycles. The van der Waals surface area contributed by atoms with Gasteiger partial charge in [0.2, 0.25) is 11.8 Å². The second-order valence-corrected chi connectivity index (χ2v) is 7.31. The summed E-state index contributed by atoms with van der Waals surface area (Å²) in [5, 5.41) is 7.10. The van der Waals surface area contributed by atoms with E-state index in [1.54, 1.807) is 4.90 Å². The maximum Gasteiger partial charge on any atom is 0.242 e. The fraction of sp³-hybridized carbons (Fsp3) is 0.474. The molecular formula is C19H23N5O3. The van der Waals surface area contributed by atoms with Gasteiger partial charge in [-0.3, -0.25) is 9.59 Å². The molecule has 1 aromatic carbocycles. The maximum absolute atomic E-state index is 12.5. The lowest BCUT2D eigenvalue weighted by atomic mass is 9.82. The molecule has 1 N–H and O–H groups in total. The van der Waals surface area contributed by atoms with Gasteiger partial charge < -0.3 is 15.0 Å². The highest BCUT2D eigenvalue weighted by atomic mass is 16.5. The van der Waals surface area contributed by atoms with E-state index in [1.165, 1.54) is 17.3 Å². The van der Waals surface area contributed by atoms with Gasteiger partial charge in [-0.15, -0.1) is 0 Å². The summed E-state index contributed by atoms with van der Waals surface area (Å²) in [5.41, 5.74) is 0.527. The van der Waals surface area contributed by atoms with Gasteiger partial charge in [-0.1, -0.05) is 18.2 Å². The number of hydrogen-bond donors (Lipinski definition) is 1. The minimum Gasteiger partial charge on any atom is -0.487 e. The van der Waals surface area contributed by atoms with Crippen molar-refractivity contribution in [3.63, 3.8) is 0 Å². The number of nitrogens with zero attached hydrogens (tertiary/aromatic N) is 4. The summed E-state index contributed by atoms with van der Waals surface area (Å²) in [4.78, 5) is 30.3. The van der Waals surface area contributed by atoms with Gasteiger partial charge in [0.1, 0.15) is 30.5 Å². The van der Waals surface area contributed by atoms with Gasteiger partial charge in [0.25, 0.3) is 0 Å². The lowest BCUT2D eigenvalue weighted by Gasteiger charge is -2.42. The molecule has 142 valence electrons. The topological polar surface area (TPSA) is 89.4 Å². The number of para-hydroxylation sites is 1. The normalized spacial score (nSPS) is 24.9. The third-order valence-corrected chi connectivity index (χ3v) is 5.43. The fourth-order valence-electron chi connectivity index (χ4n) is 3.90. The number of rotatable bonds is 3. The highest BCUT2D eigenvalue weighted by molar-refractivity contribution is 5.77. The van der Waals surface area contributed by atoms with Crippen molar-refractivity contribution in [1.29, 1.82) is 0 Å². The summed E-state index contributed by atoms with van der Waals surface area (Å²) in [7, 11) is 1.83. The number of benzene rings is 1. The van der Waals surface area contributed by atoms with Gasteiger partial charge in [0.05, 0.1) is 6.04 Å². The monoisotopic (exact) mass is 369 g/mol. The first-order chi connectivity index (χ1) is 13.0. The lowest BCUT2D eigenvalue weighted by molar-refractivity contribution is -0.129. The van der Waals surface area contributed by atoms with Gasteiger partial charge in [0, 0.05) is 38.4 Å². The number of fused-ring (bicyclic) bond motifs is 1. The van der Waals surface area contributed by atoms with Gasteiger partial charge in [0.15, 0.2) is 0 Å². The first-order valence-corrected chi connectivity index (χ1v) is 9.18. The Morgan fingerprint density at radius 2 is 2.22 bits per heavy atom. The number of likely N-dealkylation sites (tertiary alicyclic amines) is 1. The quantitative estimate of drug-likeness (QED) is 0.881. The van der Waals surface area contributed by atoms with E-state index in [4.69, 9.17) is 4.74 Å². The number of amides is 2. The van der Waals surface area contributed by atoms with Gasteiger partial charge >= 0.3 is 0 Å². The summed E-state index contributed by atoms with van der Waals surface area (Å²) in [6, 6.07) is 7.63. The number of ether oxygens (including phenoxy) is 1. The summed E-state index contributed by atoms with van der Waals surface area (Å²) >= 11 is 0. The van der Waals surface area contributed by atoms with E-state index in [0.29, 0.717) is 25.8 Å². The van der Waals surface area contributed by atoms with Crippen molar-refractivity contribution in [2.75, 3.05) is 13.6 Å². The number of hydrogen-bond acceptors (Lipinski definition) is 5. The van der Waals surface area contributed by atoms with Gasteiger partial charge in [-0.2, -0.15) is 5.10 Å². The van der Waals surface area contributed by atoms with E-state index in [0.717, 1.165) is 17.7 Å². The Morgan fingerprint density at radius 1 is 1.37 bits per heavy atom. The molecule has 8 nitrogen and oxygen atoms in total. The molecule has 0 aliphatic carbocycles. The lowest BCUT2D eigenvalue weighted by Crippen LogP contribution is -2.46. The van der Waals surface area contributed by atoms with Crippen LogP contribution in [0.1, 0.15) is 37.3 Å². The largest absolute Gasteiger partial charge is 0.487 e. The molecule has 1 aromatic heterocycles. The summed E-state index contributed by atoms with van der Waals surface area (Å²) in [5.74, 6) is 0.798.